The van der Waals surface area contributed by atoms with Crippen LogP contribution >= 0.6 is 0 Å². The average molecular weight is 389 g/mol. The second-order valence-electron chi connectivity index (χ2n) is 9.26. The highest BCUT2D eigenvalue weighted by atomic mass is 19.1. The number of alkyl halides is 1. The molecule has 0 amide bonds. The fourth-order valence-electron chi connectivity index (χ4n) is 5.20. The lowest BCUT2D eigenvalue weighted by Gasteiger charge is -2.41. The van der Waals surface area contributed by atoms with Gasteiger partial charge in [0.1, 0.15) is 6.17 Å². The fourth-order valence-corrected chi connectivity index (χ4v) is 5.20. The molecule has 0 aromatic heterocycles. The summed E-state index contributed by atoms with van der Waals surface area (Å²) in [4.78, 5) is 7.34. The first-order valence-corrected chi connectivity index (χ1v) is 11.2. The second-order valence-corrected chi connectivity index (χ2v) is 9.26. The Morgan fingerprint density at radius 2 is 1.82 bits per heavy atom. The first-order chi connectivity index (χ1) is 13.6. The molecule has 3 aliphatic heterocycles. The Kier molecular flexibility index (Phi) is 6.42. The minimum absolute atomic E-state index is 0.466. The highest BCUT2D eigenvalue weighted by Gasteiger charge is 2.30. The Morgan fingerprint density at radius 1 is 1.07 bits per heavy atom. The Balaban J connectivity index is 1.27. The molecule has 0 radical (unpaired) electrons. The number of allylic oxidation sites excluding steroid dienone is 4. The number of hydrogen-bond acceptors (Lipinski definition) is 4. The molecule has 0 saturated carbocycles. The molecule has 1 N–H and O–H groups in total. The van der Waals surface area contributed by atoms with E-state index in [4.69, 9.17) is 0 Å². The Morgan fingerprint density at radius 3 is 2.46 bits per heavy atom. The van der Waals surface area contributed by atoms with Crippen LogP contribution < -0.4 is 5.32 Å². The topological polar surface area (TPSA) is 21.8 Å². The summed E-state index contributed by atoms with van der Waals surface area (Å²) in [6, 6.07) is 0. The highest BCUT2D eigenvalue weighted by molar-refractivity contribution is 5.30. The van der Waals surface area contributed by atoms with E-state index in [1.54, 1.807) is 0 Å². The van der Waals surface area contributed by atoms with Crippen LogP contribution in [-0.4, -0.2) is 80.3 Å². The third kappa shape index (κ3) is 4.80. The molecule has 3 fully saturated rings. The van der Waals surface area contributed by atoms with E-state index in [9.17, 15) is 0 Å². The van der Waals surface area contributed by atoms with E-state index in [1.165, 1.54) is 38.0 Å². The Hall–Kier alpha value is -1.33. The van der Waals surface area contributed by atoms with E-state index in [-0.39, 0.29) is 0 Å². The van der Waals surface area contributed by atoms with E-state index in [1.807, 2.05) is 0 Å². The quantitative estimate of drug-likeness (QED) is 0.799. The number of piperidine rings is 2. The van der Waals surface area contributed by atoms with E-state index in [0.29, 0.717) is 12.3 Å². The second kappa shape index (κ2) is 9.00. The van der Waals surface area contributed by atoms with Gasteiger partial charge < -0.3 is 15.1 Å². The molecule has 0 aromatic rings. The molecule has 0 bridgehead atoms. The van der Waals surface area contributed by atoms with E-state index < -0.39 is 6.17 Å². The van der Waals surface area contributed by atoms with E-state index >= 15 is 4.39 Å². The maximum absolute atomic E-state index is 15.0. The van der Waals surface area contributed by atoms with Crippen molar-refractivity contribution in [2.45, 2.75) is 38.3 Å². The third-order valence-corrected chi connectivity index (χ3v) is 7.21. The molecule has 0 spiro atoms. The van der Waals surface area contributed by atoms with Crippen molar-refractivity contribution in [1.29, 1.82) is 0 Å². The molecule has 2 atom stereocenters. The van der Waals surface area contributed by atoms with E-state index in [0.717, 1.165) is 62.9 Å². The zero-order valence-corrected chi connectivity index (χ0v) is 17.5. The largest absolute Gasteiger partial charge is 0.388 e. The molecule has 3 heterocycles. The van der Waals surface area contributed by atoms with Gasteiger partial charge in [0.05, 0.1) is 0 Å². The zero-order chi connectivity index (χ0) is 19.5. The van der Waals surface area contributed by atoms with Crippen LogP contribution in [0.15, 0.2) is 35.7 Å². The number of likely N-dealkylation sites (tertiary alicyclic amines) is 1. The van der Waals surface area contributed by atoms with Crippen molar-refractivity contribution in [2.75, 3.05) is 59.4 Å². The van der Waals surface area contributed by atoms with Gasteiger partial charge in [-0.1, -0.05) is 18.2 Å². The summed E-state index contributed by atoms with van der Waals surface area (Å²) in [7, 11) is 2.22. The molecular weight excluding hydrogens is 351 g/mol. The van der Waals surface area contributed by atoms with Gasteiger partial charge in [-0.15, -0.1) is 0 Å². The van der Waals surface area contributed by atoms with Crippen molar-refractivity contribution in [1.82, 2.24) is 20.0 Å². The van der Waals surface area contributed by atoms with Gasteiger partial charge in [0, 0.05) is 57.1 Å². The minimum atomic E-state index is -0.842. The van der Waals surface area contributed by atoms with Crippen LogP contribution in [0.1, 0.15) is 32.1 Å². The number of rotatable bonds is 4. The van der Waals surface area contributed by atoms with Gasteiger partial charge in [-0.05, 0) is 63.7 Å². The highest BCUT2D eigenvalue weighted by Crippen LogP contribution is 2.33. The van der Waals surface area contributed by atoms with Gasteiger partial charge in [-0.2, -0.15) is 0 Å². The molecule has 0 aromatic carbocycles. The maximum atomic E-state index is 15.0. The number of nitrogens with one attached hydrogen (secondary N) is 1. The van der Waals surface area contributed by atoms with Crippen molar-refractivity contribution < 1.29 is 4.39 Å². The molecule has 4 aliphatic rings. The number of piperazine rings is 1. The summed E-state index contributed by atoms with van der Waals surface area (Å²) in [5, 5.41) is 3.36. The van der Waals surface area contributed by atoms with Crippen molar-refractivity contribution in [2.24, 2.45) is 11.8 Å². The van der Waals surface area contributed by atoms with Crippen LogP contribution in [0.25, 0.3) is 0 Å². The van der Waals surface area contributed by atoms with Gasteiger partial charge in [0.25, 0.3) is 0 Å². The normalized spacial score (nSPS) is 31.4. The van der Waals surface area contributed by atoms with Crippen LogP contribution in [0.4, 0.5) is 4.39 Å². The molecule has 4 rings (SSSR count). The first-order valence-electron chi connectivity index (χ1n) is 11.2. The monoisotopic (exact) mass is 388 g/mol. The third-order valence-electron chi connectivity index (χ3n) is 7.21. The van der Waals surface area contributed by atoms with Crippen molar-refractivity contribution in [3.63, 3.8) is 0 Å². The summed E-state index contributed by atoms with van der Waals surface area (Å²) >= 11 is 0. The van der Waals surface area contributed by atoms with E-state index in [2.05, 4.69) is 45.8 Å². The minimum Gasteiger partial charge on any atom is -0.388 e. The van der Waals surface area contributed by atoms with Gasteiger partial charge in [-0.3, -0.25) is 4.90 Å². The first kappa shape index (κ1) is 20.0. The molecular formula is C23H37FN4. The maximum Gasteiger partial charge on any atom is 0.143 e. The molecule has 5 heteroatoms. The van der Waals surface area contributed by atoms with Gasteiger partial charge in [0.15, 0.2) is 0 Å². The number of nitrogens with zero attached hydrogens (tertiary/aromatic N) is 3. The van der Waals surface area contributed by atoms with Gasteiger partial charge in [0.2, 0.25) is 0 Å². The van der Waals surface area contributed by atoms with Crippen LogP contribution in [-0.2, 0) is 0 Å². The lowest BCUT2D eigenvalue weighted by atomic mass is 9.84. The summed E-state index contributed by atoms with van der Waals surface area (Å²) in [5.41, 5.74) is 3.31. The smallest absolute Gasteiger partial charge is 0.143 e. The molecule has 4 nitrogen and oxygen atoms in total. The molecule has 2 unspecified atom stereocenters. The predicted octanol–water partition coefficient (Wildman–Crippen LogP) is 3.01. The van der Waals surface area contributed by atoms with Gasteiger partial charge in [-0.25, -0.2) is 4.39 Å². The number of hydrogen-bond donors (Lipinski definition) is 1. The Bertz CT molecular complexity index is 602. The molecule has 1 aliphatic carbocycles. The summed E-state index contributed by atoms with van der Waals surface area (Å²) < 4.78 is 15.0. The fraction of sp³-hybridized carbons (Fsp3) is 0.739. The predicted molar refractivity (Wildman–Crippen MR) is 114 cm³/mol. The molecule has 28 heavy (non-hydrogen) atoms. The average Bonchev–Trinajstić information content (AvgIpc) is 2.71. The lowest BCUT2D eigenvalue weighted by molar-refractivity contribution is 0.106. The van der Waals surface area contributed by atoms with Crippen molar-refractivity contribution in [3.8, 4) is 0 Å². The van der Waals surface area contributed by atoms with Crippen molar-refractivity contribution >= 4 is 0 Å². The summed E-state index contributed by atoms with van der Waals surface area (Å²) in [5.74, 6) is 1.31. The van der Waals surface area contributed by atoms with Crippen LogP contribution in [0.3, 0.4) is 0 Å². The Labute approximate surface area is 170 Å². The van der Waals surface area contributed by atoms with Gasteiger partial charge >= 0.3 is 0 Å². The molecule has 156 valence electrons. The lowest BCUT2D eigenvalue weighted by Crippen LogP contribution is -2.49. The SMILES string of the molecule is C=C1CCC(C2=CC=C(N3CCN(CC4CCN(C)CC4)CC3)C(F)C2)CN1. The summed E-state index contributed by atoms with van der Waals surface area (Å²) in [6.45, 7) is 12.7. The standard InChI is InChI=1S/C23H37FN4/c1-18-3-4-21(16-25-18)20-5-6-23(22(24)15-20)28-13-11-27(12-14-28)17-19-7-9-26(2)10-8-19/h5-6,19,21-22,25H,1,3-4,7-17H2,2H3. The van der Waals surface area contributed by atoms with Crippen LogP contribution in [0.5, 0.6) is 0 Å². The number of halogens is 1. The van der Waals surface area contributed by atoms with Crippen LogP contribution in [0, 0.1) is 11.8 Å². The summed E-state index contributed by atoms with van der Waals surface area (Å²) in [6.07, 6.45) is 8.76. The molecule has 3 saturated heterocycles. The zero-order valence-electron chi connectivity index (χ0n) is 17.5. The van der Waals surface area contributed by atoms with Crippen molar-refractivity contribution in [3.05, 3.63) is 35.7 Å². The van der Waals surface area contributed by atoms with Crippen LogP contribution in [0.2, 0.25) is 0 Å².